The molecule has 17 heavy (non-hydrogen) atoms. The Kier molecular flexibility index (Phi) is 4.57. The average molecular weight is 232 g/mol. The van der Waals surface area contributed by atoms with Crippen molar-refractivity contribution in [3.8, 4) is 0 Å². The van der Waals surface area contributed by atoms with E-state index >= 15 is 0 Å². The molecule has 1 atom stereocenters. The minimum Gasteiger partial charge on any atom is -0.316 e. The minimum atomic E-state index is 0.858. The molecule has 1 heterocycles. The standard InChI is InChI=1S/C15H24N2/c1-13-5-3-4-6-15(13)8-10-17(2)12-14-7-9-16-11-14/h3-6,14,16H,7-12H2,1-2H3. The van der Waals surface area contributed by atoms with Crippen molar-refractivity contribution in [1.29, 1.82) is 0 Å². The SMILES string of the molecule is Cc1ccccc1CCN(C)CC1CCNC1. The highest BCUT2D eigenvalue weighted by molar-refractivity contribution is 5.25. The van der Waals surface area contributed by atoms with Gasteiger partial charge in [-0.3, -0.25) is 0 Å². The van der Waals surface area contributed by atoms with Gasteiger partial charge in [0.25, 0.3) is 0 Å². The minimum absolute atomic E-state index is 0.858. The molecule has 0 spiro atoms. The van der Waals surface area contributed by atoms with Crippen LogP contribution in [0.5, 0.6) is 0 Å². The average Bonchev–Trinajstić information content (AvgIpc) is 2.81. The third kappa shape index (κ3) is 3.83. The first-order chi connectivity index (χ1) is 8.25. The van der Waals surface area contributed by atoms with Crippen molar-refractivity contribution >= 4 is 0 Å². The van der Waals surface area contributed by atoms with Gasteiger partial charge in [0.1, 0.15) is 0 Å². The van der Waals surface area contributed by atoms with E-state index in [0.29, 0.717) is 0 Å². The molecule has 1 fully saturated rings. The Bertz CT molecular complexity index is 343. The summed E-state index contributed by atoms with van der Waals surface area (Å²) in [5.41, 5.74) is 2.91. The van der Waals surface area contributed by atoms with Gasteiger partial charge in [-0.15, -0.1) is 0 Å². The fourth-order valence-corrected chi connectivity index (χ4v) is 2.60. The van der Waals surface area contributed by atoms with E-state index in [2.05, 4.69) is 48.5 Å². The van der Waals surface area contributed by atoms with Crippen molar-refractivity contribution in [2.45, 2.75) is 19.8 Å². The molecule has 1 aromatic rings. The second-order valence-electron chi connectivity index (χ2n) is 5.30. The molecule has 0 radical (unpaired) electrons. The number of rotatable bonds is 5. The lowest BCUT2D eigenvalue weighted by Crippen LogP contribution is -2.28. The maximum atomic E-state index is 3.43. The van der Waals surface area contributed by atoms with Crippen molar-refractivity contribution in [3.05, 3.63) is 35.4 Å². The summed E-state index contributed by atoms with van der Waals surface area (Å²) in [6.45, 7) is 7.02. The molecule has 1 N–H and O–H groups in total. The summed E-state index contributed by atoms with van der Waals surface area (Å²) in [6, 6.07) is 8.71. The summed E-state index contributed by atoms with van der Waals surface area (Å²) < 4.78 is 0. The third-order valence-electron chi connectivity index (χ3n) is 3.76. The maximum absolute atomic E-state index is 3.43. The first-order valence-electron chi connectivity index (χ1n) is 6.69. The van der Waals surface area contributed by atoms with Gasteiger partial charge in [-0.05, 0) is 56.9 Å². The van der Waals surface area contributed by atoms with Crippen molar-refractivity contribution in [3.63, 3.8) is 0 Å². The van der Waals surface area contributed by atoms with Crippen LogP contribution >= 0.6 is 0 Å². The topological polar surface area (TPSA) is 15.3 Å². The van der Waals surface area contributed by atoms with E-state index in [0.717, 1.165) is 5.92 Å². The van der Waals surface area contributed by atoms with Gasteiger partial charge in [0, 0.05) is 13.1 Å². The van der Waals surface area contributed by atoms with Crippen LogP contribution in [0.1, 0.15) is 17.5 Å². The molecule has 0 aromatic heterocycles. The molecular formula is C15H24N2. The number of aryl methyl sites for hydroxylation is 1. The Morgan fingerprint density at radius 3 is 2.88 bits per heavy atom. The lowest BCUT2D eigenvalue weighted by Gasteiger charge is -2.20. The molecule has 0 saturated carbocycles. The molecule has 1 aliphatic rings. The van der Waals surface area contributed by atoms with Crippen molar-refractivity contribution in [1.82, 2.24) is 10.2 Å². The van der Waals surface area contributed by atoms with Crippen molar-refractivity contribution in [2.75, 3.05) is 33.2 Å². The molecule has 0 amide bonds. The first-order valence-corrected chi connectivity index (χ1v) is 6.69. The van der Waals surface area contributed by atoms with E-state index in [9.17, 15) is 0 Å². The van der Waals surface area contributed by atoms with E-state index in [-0.39, 0.29) is 0 Å². The summed E-state index contributed by atoms with van der Waals surface area (Å²) in [5.74, 6) is 0.858. The fourth-order valence-electron chi connectivity index (χ4n) is 2.60. The fraction of sp³-hybridized carbons (Fsp3) is 0.600. The quantitative estimate of drug-likeness (QED) is 0.836. The summed E-state index contributed by atoms with van der Waals surface area (Å²) in [5, 5.41) is 3.43. The molecular weight excluding hydrogens is 208 g/mol. The molecule has 1 aromatic carbocycles. The molecule has 2 rings (SSSR count). The molecule has 2 heteroatoms. The second-order valence-corrected chi connectivity index (χ2v) is 5.30. The maximum Gasteiger partial charge on any atom is 0.00193 e. The third-order valence-corrected chi connectivity index (χ3v) is 3.76. The largest absolute Gasteiger partial charge is 0.316 e. The van der Waals surface area contributed by atoms with E-state index < -0.39 is 0 Å². The smallest absolute Gasteiger partial charge is 0.00193 e. The van der Waals surface area contributed by atoms with E-state index in [1.165, 1.54) is 50.1 Å². The predicted octanol–water partition coefficient (Wildman–Crippen LogP) is 2.08. The molecule has 0 aliphatic carbocycles. The number of likely N-dealkylation sites (N-methyl/N-ethyl adjacent to an activating group) is 1. The number of nitrogens with one attached hydrogen (secondary N) is 1. The van der Waals surface area contributed by atoms with Crippen LogP contribution < -0.4 is 5.32 Å². The highest BCUT2D eigenvalue weighted by Crippen LogP contribution is 2.11. The Hall–Kier alpha value is -0.860. The first kappa shape index (κ1) is 12.6. The van der Waals surface area contributed by atoms with Crippen LogP contribution in [0.4, 0.5) is 0 Å². The number of benzene rings is 1. The Morgan fingerprint density at radius 1 is 1.35 bits per heavy atom. The highest BCUT2D eigenvalue weighted by Gasteiger charge is 2.15. The van der Waals surface area contributed by atoms with Gasteiger partial charge in [0.2, 0.25) is 0 Å². The van der Waals surface area contributed by atoms with Gasteiger partial charge >= 0.3 is 0 Å². The normalized spacial score (nSPS) is 20.1. The van der Waals surface area contributed by atoms with Crippen molar-refractivity contribution in [2.24, 2.45) is 5.92 Å². The molecule has 94 valence electrons. The van der Waals surface area contributed by atoms with Crippen LogP contribution in [-0.2, 0) is 6.42 Å². The van der Waals surface area contributed by atoms with E-state index in [1.54, 1.807) is 0 Å². The molecule has 2 nitrogen and oxygen atoms in total. The Morgan fingerprint density at radius 2 is 2.18 bits per heavy atom. The summed E-state index contributed by atoms with van der Waals surface area (Å²) in [4.78, 5) is 2.48. The molecule has 0 bridgehead atoms. The monoisotopic (exact) mass is 232 g/mol. The van der Waals surface area contributed by atoms with E-state index in [1.807, 2.05) is 0 Å². The number of hydrogen-bond acceptors (Lipinski definition) is 2. The van der Waals surface area contributed by atoms with Gasteiger partial charge in [0.15, 0.2) is 0 Å². The lowest BCUT2D eigenvalue weighted by molar-refractivity contribution is 0.288. The zero-order chi connectivity index (χ0) is 12.1. The van der Waals surface area contributed by atoms with Gasteiger partial charge in [0.05, 0.1) is 0 Å². The Balaban J connectivity index is 1.75. The highest BCUT2D eigenvalue weighted by atomic mass is 15.1. The van der Waals surface area contributed by atoms with Gasteiger partial charge < -0.3 is 10.2 Å². The lowest BCUT2D eigenvalue weighted by atomic mass is 10.1. The van der Waals surface area contributed by atoms with Crippen LogP contribution in [0.3, 0.4) is 0 Å². The molecule has 1 saturated heterocycles. The van der Waals surface area contributed by atoms with Crippen LogP contribution in [0.25, 0.3) is 0 Å². The summed E-state index contributed by atoms with van der Waals surface area (Å²) in [7, 11) is 2.25. The number of nitrogens with zero attached hydrogens (tertiary/aromatic N) is 1. The van der Waals surface area contributed by atoms with Crippen LogP contribution in [-0.4, -0.2) is 38.1 Å². The predicted molar refractivity (Wildman–Crippen MR) is 73.4 cm³/mol. The molecule has 1 aliphatic heterocycles. The summed E-state index contributed by atoms with van der Waals surface area (Å²) >= 11 is 0. The molecule has 1 unspecified atom stereocenters. The van der Waals surface area contributed by atoms with Gasteiger partial charge in [-0.25, -0.2) is 0 Å². The van der Waals surface area contributed by atoms with Crippen LogP contribution in [0.2, 0.25) is 0 Å². The summed E-state index contributed by atoms with van der Waals surface area (Å²) in [6.07, 6.45) is 2.51. The van der Waals surface area contributed by atoms with Gasteiger partial charge in [-0.1, -0.05) is 24.3 Å². The Labute approximate surface area is 105 Å². The zero-order valence-electron chi connectivity index (χ0n) is 11.1. The van der Waals surface area contributed by atoms with E-state index in [4.69, 9.17) is 0 Å². The number of hydrogen-bond donors (Lipinski definition) is 1. The van der Waals surface area contributed by atoms with Crippen LogP contribution in [0.15, 0.2) is 24.3 Å². The van der Waals surface area contributed by atoms with Crippen molar-refractivity contribution < 1.29 is 0 Å². The van der Waals surface area contributed by atoms with Crippen LogP contribution in [0, 0.1) is 12.8 Å². The second kappa shape index (κ2) is 6.18. The van der Waals surface area contributed by atoms with Gasteiger partial charge in [-0.2, -0.15) is 0 Å². The zero-order valence-corrected chi connectivity index (χ0v) is 11.1.